The molecule has 0 radical (unpaired) electrons. The first-order chi connectivity index (χ1) is 20.2. The third kappa shape index (κ3) is 6.45. The first-order valence-electron chi connectivity index (χ1n) is 14.0. The van der Waals surface area contributed by atoms with E-state index in [1.165, 1.54) is 6.20 Å². The molecule has 43 heavy (non-hydrogen) atoms. The average Bonchev–Trinajstić information content (AvgIpc) is 2.90. The molecule has 13 heteroatoms. The summed E-state index contributed by atoms with van der Waals surface area (Å²) >= 11 is 6.42. The first kappa shape index (κ1) is 30.7. The molecule has 0 aliphatic carbocycles. The number of fused-ring (bicyclic) bond motifs is 1. The van der Waals surface area contributed by atoms with Gasteiger partial charge < -0.3 is 29.7 Å². The van der Waals surface area contributed by atoms with E-state index in [1.807, 2.05) is 33.8 Å². The Hall–Kier alpha value is -3.77. The lowest BCUT2D eigenvalue weighted by Crippen LogP contribution is -2.50. The molecule has 1 fully saturated rings. The second-order valence-corrected chi connectivity index (χ2v) is 14.7. The van der Waals surface area contributed by atoms with Gasteiger partial charge in [-0.3, -0.25) is 0 Å². The standard InChI is InChI=1S/C30H36ClN5O6S/c1-17(2)43(38,39)23-10-8-7-9-21(23)33-27-20(31)14-32-28(35-27)34-22-13-18(3)24(26-25(22)40-11-12-41-26)19-15-36(16-19)29(37)42-30(4,5)6/h7-10,13-14,17,19H,11-12,15-16H2,1-6H3,(H2,32,33,34,35). The summed E-state index contributed by atoms with van der Waals surface area (Å²) in [6, 6.07) is 8.56. The number of carbonyl (C=O) groups excluding carboxylic acids is 1. The van der Waals surface area contributed by atoms with Crippen molar-refractivity contribution < 1.29 is 27.4 Å². The summed E-state index contributed by atoms with van der Waals surface area (Å²) in [6.07, 6.45) is 1.10. The van der Waals surface area contributed by atoms with Crippen LogP contribution < -0.4 is 20.1 Å². The van der Waals surface area contributed by atoms with Gasteiger partial charge in [-0.1, -0.05) is 23.7 Å². The van der Waals surface area contributed by atoms with Crippen LogP contribution in [-0.2, 0) is 14.6 Å². The molecule has 1 amide bonds. The molecule has 0 bridgehead atoms. The van der Waals surface area contributed by atoms with Crippen LogP contribution in [0.4, 0.5) is 27.9 Å². The Balaban J connectivity index is 1.40. The smallest absolute Gasteiger partial charge is 0.410 e. The third-order valence-electron chi connectivity index (χ3n) is 7.06. The summed E-state index contributed by atoms with van der Waals surface area (Å²) < 4.78 is 43.5. The molecule has 2 aromatic carbocycles. The van der Waals surface area contributed by atoms with E-state index in [1.54, 1.807) is 43.0 Å². The third-order valence-corrected chi connectivity index (χ3v) is 9.54. The minimum Gasteiger partial charge on any atom is -0.486 e. The maximum absolute atomic E-state index is 12.9. The Labute approximate surface area is 256 Å². The fourth-order valence-electron chi connectivity index (χ4n) is 4.93. The molecule has 2 N–H and O–H groups in total. The van der Waals surface area contributed by atoms with Crippen LogP contribution in [0.3, 0.4) is 0 Å². The number of halogens is 1. The van der Waals surface area contributed by atoms with Crippen molar-refractivity contribution in [3.05, 3.63) is 52.7 Å². The number of ether oxygens (including phenoxy) is 3. The minimum atomic E-state index is -3.56. The number of nitrogens with one attached hydrogen (secondary N) is 2. The number of aromatic nitrogens is 2. The van der Waals surface area contributed by atoms with E-state index in [2.05, 4.69) is 20.6 Å². The summed E-state index contributed by atoms with van der Waals surface area (Å²) in [5, 5.41) is 5.90. The highest BCUT2D eigenvalue weighted by atomic mass is 35.5. The number of benzene rings is 2. The van der Waals surface area contributed by atoms with Crippen LogP contribution in [0.2, 0.25) is 5.02 Å². The molecule has 11 nitrogen and oxygen atoms in total. The number of anilines is 4. The lowest BCUT2D eigenvalue weighted by Gasteiger charge is -2.41. The quantitative estimate of drug-likeness (QED) is 0.311. The summed E-state index contributed by atoms with van der Waals surface area (Å²) in [5.74, 6) is 1.69. The van der Waals surface area contributed by atoms with Crippen LogP contribution in [0.15, 0.2) is 41.4 Å². The number of amides is 1. The SMILES string of the molecule is Cc1cc(Nc2ncc(Cl)c(Nc3ccccc3S(=O)(=O)C(C)C)n2)c2c(c1C1CN(C(=O)OC(C)(C)C)C1)OCCO2. The van der Waals surface area contributed by atoms with Gasteiger partial charge in [-0.2, -0.15) is 4.98 Å². The van der Waals surface area contributed by atoms with Crippen molar-refractivity contribution in [2.45, 2.75) is 63.2 Å². The van der Waals surface area contributed by atoms with Crippen molar-refractivity contribution in [2.75, 3.05) is 36.9 Å². The molecule has 2 aliphatic rings. The van der Waals surface area contributed by atoms with Gasteiger partial charge in [-0.05, 0) is 65.3 Å². The van der Waals surface area contributed by atoms with Crippen LogP contribution in [-0.4, -0.2) is 66.5 Å². The molecule has 3 aromatic rings. The summed E-state index contributed by atoms with van der Waals surface area (Å²) in [7, 11) is -3.56. The number of rotatable bonds is 7. The zero-order chi connectivity index (χ0) is 31.1. The average molecular weight is 630 g/mol. The lowest BCUT2D eigenvalue weighted by molar-refractivity contribution is 0.00775. The van der Waals surface area contributed by atoms with E-state index < -0.39 is 20.7 Å². The van der Waals surface area contributed by atoms with Gasteiger partial charge in [0.1, 0.15) is 23.8 Å². The number of carbonyl (C=O) groups is 1. The Morgan fingerprint density at radius 3 is 2.44 bits per heavy atom. The van der Waals surface area contributed by atoms with Crippen molar-refractivity contribution in [1.82, 2.24) is 14.9 Å². The van der Waals surface area contributed by atoms with E-state index in [0.29, 0.717) is 49.2 Å². The molecular weight excluding hydrogens is 594 g/mol. The van der Waals surface area contributed by atoms with E-state index in [0.717, 1.165) is 11.1 Å². The van der Waals surface area contributed by atoms with Crippen molar-refractivity contribution >= 4 is 50.7 Å². The largest absolute Gasteiger partial charge is 0.486 e. The number of hydrogen-bond acceptors (Lipinski definition) is 10. The molecule has 1 saturated heterocycles. The Bertz CT molecular complexity index is 1650. The predicted octanol–water partition coefficient (Wildman–Crippen LogP) is 6.21. The second kappa shape index (κ2) is 11.7. The Morgan fingerprint density at radius 2 is 1.77 bits per heavy atom. The number of sulfone groups is 1. The molecule has 0 spiro atoms. The number of likely N-dealkylation sites (tertiary alicyclic amines) is 1. The highest BCUT2D eigenvalue weighted by Crippen LogP contribution is 2.48. The van der Waals surface area contributed by atoms with Gasteiger partial charge in [0.15, 0.2) is 27.2 Å². The molecule has 3 heterocycles. The van der Waals surface area contributed by atoms with Gasteiger partial charge in [0.25, 0.3) is 0 Å². The lowest BCUT2D eigenvalue weighted by atomic mass is 9.87. The van der Waals surface area contributed by atoms with Gasteiger partial charge in [0.2, 0.25) is 5.95 Å². The van der Waals surface area contributed by atoms with Crippen molar-refractivity contribution in [3.63, 3.8) is 0 Å². The van der Waals surface area contributed by atoms with E-state index in [9.17, 15) is 13.2 Å². The molecule has 0 unspecified atom stereocenters. The molecule has 5 rings (SSSR count). The summed E-state index contributed by atoms with van der Waals surface area (Å²) in [4.78, 5) is 23.2. The minimum absolute atomic E-state index is 0.0711. The maximum Gasteiger partial charge on any atom is 0.410 e. The molecule has 230 valence electrons. The van der Waals surface area contributed by atoms with Gasteiger partial charge in [0, 0.05) is 24.6 Å². The van der Waals surface area contributed by atoms with Crippen LogP contribution in [0, 0.1) is 6.92 Å². The second-order valence-electron chi connectivity index (χ2n) is 11.8. The van der Waals surface area contributed by atoms with E-state index in [4.69, 9.17) is 25.8 Å². The number of para-hydroxylation sites is 1. The molecule has 2 aliphatic heterocycles. The van der Waals surface area contributed by atoms with Gasteiger partial charge in [0.05, 0.1) is 27.7 Å². The predicted molar refractivity (Wildman–Crippen MR) is 165 cm³/mol. The van der Waals surface area contributed by atoms with Gasteiger partial charge in [-0.15, -0.1) is 0 Å². The van der Waals surface area contributed by atoms with Crippen LogP contribution in [0.25, 0.3) is 0 Å². The van der Waals surface area contributed by atoms with Crippen LogP contribution in [0.5, 0.6) is 11.5 Å². The van der Waals surface area contributed by atoms with Crippen molar-refractivity contribution in [2.24, 2.45) is 0 Å². The molecule has 0 saturated carbocycles. The fraction of sp³-hybridized carbons (Fsp3) is 0.433. The fourth-order valence-corrected chi connectivity index (χ4v) is 6.27. The summed E-state index contributed by atoms with van der Waals surface area (Å²) in [5.41, 5.74) is 2.35. The zero-order valence-corrected chi connectivity index (χ0v) is 26.6. The number of nitrogens with zero attached hydrogens (tertiary/aromatic N) is 3. The summed E-state index contributed by atoms with van der Waals surface area (Å²) in [6.45, 7) is 12.6. The molecule has 1 aromatic heterocycles. The van der Waals surface area contributed by atoms with Gasteiger partial charge in [-0.25, -0.2) is 18.2 Å². The Kier molecular flexibility index (Phi) is 8.36. The number of hydrogen-bond donors (Lipinski definition) is 2. The first-order valence-corrected chi connectivity index (χ1v) is 16.0. The highest BCUT2D eigenvalue weighted by molar-refractivity contribution is 7.92. The van der Waals surface area contributed by atoms with Gasteiger partial charge >= 0.3 is 6.09 Å². The normalized spacial score (nSPS) is 15.2. The Morgan fingerprint density at radius 1 is 1.09 bits per heavy atom. The van der Waals surface area contributed by atoms with E-state index >= 15 is 0 Å². The topological polar surface area (TPSA) is 132 Å². The maximum atomic E-state index is 12.9. The van der Waals surface area contributed by atoms with E-state index in [-0.39, 0.29) is 33.7 Å². The highest BCUT2D eigenvalue weighted by Gasteiger charge is 2.38. The zero-order valence-electron chi connectivity index (χ0n) is 25.0. The molecule has 0 atom stereocenters. The molecular formula is C30H36ClN5O6S. The monoisotopic (exact) mass is 629 g/mol. The van der Waals surface area contributed by atoms with Crippen molar-refractivity contribution in [3.8, 4) is 11.5 Å². The van der Waals surface area contributed by atoms with Crippen LogP contribution >= 0.6 is 11.6 Å². The van der Waals surface area contributed by atoms with Crippen LogP contribution in [0.1, 0.15) is 51.7 Å². The van der Waals surface area contributed by atoms with Crippen molar-refractivity contribution in [1.29, 1.82) is 0 Å². The number of aryl methyl sites for hydroxylation is 1.